The van der Waals surface area contributed by atoms with Gasteiger partial charge in [-0.2, -0.15) is 5.11 Å². The molecular formula is C19H13FN4O2. The first-order valence-corrected chi connectivity index (χ1v) is 7.88. The topological polar surface area (TPSA) is 90.2 Å². The van der Waals surface area contributed by atoms with Crippen LogP contribution in [0.15, 0.2) is 74.8 Å². The minimum Gasteiger partial charge on any atom is -0.503 e. The van der Waals surface area contributed by atoms with Crippen molar-refractivity contribution in [1.29, 1.82) is 0 Å². The third kappa shape index (κ3) is 2.90. The summed E-state index contributed by atoms with van der Waals surface area (Å²) in [7, 11) is 0. The molecule has 26 heavy (non-hydrogen) atoms. The third-order valence-corrected chi connectivity index (χ3v) is 4.13. The van der Waals surface area contributed by atoms with Gasteiger partial charge in [-0.1, -0.05) is 36.4 Å². The lowest BCUT2D eigenvalue weighted by Gasteiger charge is -2.11. The number of nitrogens with one attached hydrogen (secondary N) is 1. The van der Waals surface area contributed by atoms with Crippen LogP contribution in [0.5, 0.6) is 5.75 Å². The maximum absolute atomic E-state index is 13.2. The summed E-state index contributed by atoms with van der Waals surface area (Å²) in [5.41, 5.74) is 3.63. The molecule has 0 spiro atoms. The lowest BCUT2D eigenvalue weighted by molar-refractivity contribution is 0.467. The molecule has 3 aromatic rings. The first-order valence-electron chi connectivity index (χ1n) is 7.88. The quantitative estimate of drug-likeness (QED) is 0.755. The molecule has 1 aromatic heterocycles. The number of benzene rings is 2. The fourth-order valence-corrected chi connectivity index (χ4v) is 2.80. The van der Waals surface area contributed by atoms with Crippen LogP contribution in [0.2, 0.25) is 0 Å². The van der Waals surface area contributed by atoms with Crippen LogP contribution in [0.4, 0.5) is 4.39 Å². The first kappa shape index (κ1) is 15.9. The SMILES string of the molecule is O=c1[nH]c(-c2ccc(C3=NN=NC3)cc2)c(-c2ccc(F)cc2)cc1O. The molecule has 2 N–H and O–H groups in total. The van der Waals surface area contributed by atoms with Crippen LogP contribution in [0.25, 0.3) is 22.4 Å². The highest BCUT2D eigenvalue weighted by molar-refractivity contribution is 6.03. The van der Waals surface area contributed by atoms with Crippen molar-refractivity contribution in [2.75, 3.05) is 6.54 Å². The molecule has 128 valence electrons. The fourth-order valence-electron chi connectivity index (χ4n) is 2.80. The van der Waals surface area contributed by atoms with Crippen LogP contribution in [-0.2, 0) is 0 Å². The zero-order valence-corrected chi connectivity index (χ0v) is 13.5. The van der Waals surface area contributed by atoms with Gasteiger partial charge >= 0.3 is 0 Å². The maximum atomic E-state index is 13.2. The number of nitrogens with zero attached hydrogens (tertiary/aromatic N) is 3. The predicted molar refractivity (Wildman–Crippen MR) is 95.8 cm³/mol. The number of aromatic hydroxyl groups is 1. The van der Waals surface area contributed by atoms with Crippen molar-refractivity contribution in [3.05, 3.63) is 76.3 Å². The van der Waals surface area contributed by atoms with Crippen molar-refractivity contribution in [2.45, 2.75) is 0 Å². The van der Waals surface area contributed by atoms with Gasteiger partial charge in [-0.05, 0) is 40.1 Å². The van der Waals surface area contributed by atoms with E-state index in [1.165, 1.54) is 18.2 Å². The number of hydrogen-bond acceptors (Lipinski definition) is 5. The molecule has 0 radical (unpaired) electrons. The van der Waals surface area contributed by atoms with Crippen LogP contribution in [0, 0.1) is 5.82 Å². The number of H-pyrrole nitrogens is 1. The fraction of sp³-hybridized carbons (Fsp3) is 0.0526. The Bertz CT molecular complexity index is 1080. The molecule has 2 heterocycles. The highest BCUT2D eigenvalue weighted by Gasteiger charge is 2.13. The lowest BCUT2D eigenvalue weighted by Crippen LogP contribution is -2.08. The van der Waals surface area contributed by atoms with Gasteiger partial charge in [0.05, 0.1) is 11.4 Å². The average Bonchev–Trinajstić information content (AvgIpc) is 3.19. The second kappa shape index (κ2) is 6.36. The molecule has 4 rings (SSSR count). The van der Waals surface area contributed by atoms with E-state index in [-0.39, 0.29) is 5.82 Å². The van der Waals surface area contributed by atoms with Crippen molar-refractivity contribution in [3.8, 4) is 28.1 Å². The van der Waals surface area contributed by atoms with E-state index in [9.17, 15) is 14.3 Å². The number of aromatic amines is 1. The molecular weight excluding hydrogens is 335 g/mol. The first-order chi connectivity index (χ1) is 12.6. The molecule has 2 aromatic carbocycles. The smallest absolute Gasteiger partial charge is 0.290 e. The van der Waals surface area contributed by atoms with E-state index < -0.39 is 11.3 Å². The van der Waals surface area contributed by atoms with Crippen molar-refractivity contribution in [1.82, 2.24) is 4.98 Å². The van der Waals surface area contributed by atoms with E-state index in [1.807, 2.05) is 24.3 Å². The van der Waals surface area contributed by atoms with Crippen LogP contribution in [0.3, 0.4) is 0 Å². The molecule has 0 saturated carbocycles. The third-order valence-electron chi connectivity index (χ3n) is 4.13. The summed E-state index contributed by atoms with van der Waals surface area (Å²) in [6, 6.07) is 14.6. The Morgan fingerprint density at radius 3 is 2.27 bits per heavy atom. The second-order valence-electron chi connectivity index (χ2n) is 5.79. The molecule has 0 unspecified atom stereocenters. The second-order valence-corrected chi connectivity index (χ2v) is 5.79. The minimum atomic E-state index is -0.590. The Hall–Kier alpha value is -3.61. The van der Waals surface area contributed by atoms with Gasteiger partial charge in [0.2, 0.25) is 0 Å². The summed E-state index contributed by atoms with van der Waals surface area (Å²) in [6.07, 6.45) is 0. The standard InChI is InChI=1S/C19H13FN4O2/c20-14-7-5-11(6-8-14)15-9-17(25)19(26)22-18(15)13-3-1-12(2-4-13)16-10-21-24-23-16/h1-9,25H,10H2,(H,22,26). The van der Waals surface area contributed by atoms with Gasteiger partial charge in [0, 0.05) is 5.56 Å². The summed E-state index contributed by atoms with van der Waals surface area (Å²) in [4.78, 5) is 14.6. The van der Waals surface area contributed by atoms with Gasteiger partial charge in [-0.25, -0.2) is 4.39 Å². The largest absolute Gasteiger partial charge is 0.503 e. The molecule has 0 amide bonds. The summed E-state index contributed by atoms with van der Waals surface area (Å²) >= 11 is 0. The normalized spacial score (nSPS) is 13.0. The maximum Gasteiger partial charge on any atom is 0.290 e. The molecule has 0 bridgehead atoms. The number of pyridine rings is 1. The predicted octanol–water partition coefficient (Wildman–Crippen LogP) is 3.72. The monoisotopic (exact) mass is 348 g/mol. The van der Waals surface area contributed by atoms with Crippen molar-refractivity contribution < 1.29 is 9.50 Å². The Balaban J connectivity index is 1.81. The zero-order chi connectivity index (χ0) is 18.1. The van der Waals surface area contributed by atoms with Crippen LogP contribution < -0.4 is 5.56 Å². The molecule has 7 heteroatoms. The van der Waals surface area contributed by atoms with Crippen molar-refractivity contribution >= 4 is 5.71 Å². The molecule has 0 atom stereocenters. The van der Waals surface area contributed by atoms with Gasteiger partial charge in [-0.3, -0.25) is 4.79 Å². The molecule has 1 aliphatic rings. The minimum absolute atomic E-state index is 0.360. The number of rotatable bonds is 3. The molecule has 0 saturated heterocycles. The summed E-state index contributed by atoms with van der Waals surface area (Å²) in [6.45, 7) is 0.441. The molecule has 6 nitrogen and oxygen atoms in total. The summed E-state index contributed by atoms with van der Waals surface area (Å²) in [5.74, 6) is -0.755. The van der Waals surface area contributed by atoms with E-state index in [1.54, 1.807) is 12.1 Å². The number of hydrogen-bond donors (Lipinski definition) is 2. The van der Waals surface area contributed by atoms with Gasteiger partial charge in [0.15, 0.2) is 5.75 Å². The van der Waals surface area contributed by atoms with Gasteiger partial charge in [0.1, 0.15) is 12.4 Å². The average molecular weight is 348 g/mol. The Morgan fingerprint density at radius 2 is 1.62 bits per heavy atom. The van der Waals surface area contributed by atoms with E-state index in [0.717, 1.165) is 16.8 Å². The Morgan fingerprint density at radius 1 is 0.962 bits per heavy atom. The van der Waals surface area contributed by atoms with Gasteiger partial charge < -0.3 is 10.1 Å². The number of aromatic nitrogens is 1. The van der Waals surface area contributed by atoms with E-state index in [0.29, 0.717) is 23.4 Å². The van der Waals surface area contributed by atoms with E-state index in [4.69, 9.17) is 0 Å². The summed E-state index contributed by atoms with van der Waals surface area (Å²) in [5, 5.41) is 21.2. The van der Waals surface area contributed by atoms with Crippen molar-refractivity contribution in [2.24, 2.45) is 15.4 Å². The van der Waals surface area contributed by atoms with Crippen LogP contribution in [0.1, 0.15) is 5.56 Å². The van der Waals surface area contributed by atoms with Crippen LogP contribution >= 0.6 is 0 Å². The van der Waals surface area contributed by atoms with E-state index >= 15 is 0 Å². The van der Waals surface area contributed by atoms with Crippen LogP contribution in [-0.4, -0.2) is 22.3 Å². The lowest BCUT2D eigenvalue weighted by atomic mass is 9.98. The zero-order valence-electron chi connectivity index (χ0n) is 13.5. The van der Waals surface area contributed by atoms with E-state index in [2.05, 4.69) is 20.4 Å². The highest BCUT2D eigenvalue weighted by Crippen LogP contribution is 2.31. The van der Waals surface area contributed by atoms with Crippen molar-refractivity contribution in [3.63, 3.8) is 0 Å². The highest BCUT2D eigenvalue weighted by atomic mass is 19.1. The molecule has 0 fully saturated rings. The Labute approximate surface area is 147 Å². The molecule has 0 aliphatic carbocycles. The number of halogens is 1. The molecule has 1 aliphatic heterocycles. The van der Waals surface area contributed by atoms with Gasteiger partial charge in [0.25, 0.3) is 5.56 Å². The van der Waals surface area contributed by atoms with Gasteiger partial charge in [-0.15, -0.1) is 5.10 Å². The summed E-state index contributed by atoms with van der Waals surface area (Å²) < 4.78 is 13.2. The Kier molecular flexibility index (Phi) is 3.89.